The van der Waals surface area contributed by atoms with E-state index >= 15 is 0 Å². The fraction of sp³-hybridized carbons (Fsp3) is 0.368. The molecule has 1 saturated heterocycles. The van der Waals surface area contributed by atoms with E-state index in [4.69, 9.17) is 10.00 Å². The number of benzene rings is 1. The third-order valence-electron chi connectivity index (χ3n) is 4.09. The van der Waals surface area contributed by atoms with E-state index in [1.165, 1.54) is 4.88 Å². The summed E-state index contributed by atoms with van der Waals surface area (Å²) in [4.78, 5) is 15.8. The molecule has 0 saturated carbocycles. The van der Waals surface area contributed by atoms with Crippen molar-refractivity contribution in [2.24, 2.45) is 0 Å². The number of anilines is 1. The summed E-state index contributed by atoms with van der Waals surface area (Å²) in [6, 6.07) is 13.2. The zero-order valence-electron chi connectivity index (χ0n) is 14.0. The number of rotatable bonds is 7. The molecule has 0 aliphatic carbocycles. The number of hydrogen-bond donors (Lipinski definition) is 1. The van der Waals surface area contributed by atoms with Gasteiger partial charge < -0.3 is 10.1 Å². The molecular weight excluding hydrogens is 334 g/mol. The van der Waals surface area contributed by atoms with Gasteiger partial charge in [0.2, 0.25) is 5.91 Å². The van der Waals surface area contributed by atoms with Gasteiger partial charge in [-0.05, 0) is 42.5 Å². The second-order valence-electron chi connectivity index (χ2n) is 6.12. The van der Waals surface area contributed by atoms with Crippen LogP contribution in [0.25, 0.3) is 0 Å². The van der Waals surface area contributed by atoms with Gasteiger partial charge in [-0.25, -0.2) is 0 Å². The van der Waals surface area contributed by atoms with Crippen LogP contribution in [0.3, 0.4) is 0 Å². The van der Waals surface area contributed by atoms with Gasteiger partial charge in [0, 0.05) is 30.3 Å². The second-order valence-corrected chi connectivity index (χ2v) is 7.16. The van der Waals surface area contributed by atoms with E-state index in [2.05, 4.69) is 22.4 Å². The topological polar surface area (TPSA) is 65.4 Å². The van der Waals surface area contributed by atoms with E-state index in [1.807, 2.05) is 11.4 Å². The first kappa shape index (κ1) is 17.6. The zero-order valence-corrected chi connectivity index (χ0v) is 14.8. The average Bonchev–Trinajstić information content (AvgIpc) is 3.29. The number of nitriles is 1. The van der Waals surface area contributed by atoms with E-state index in [-0.39, 0.29) is 12.0 Å². The van der Waals surface area contributed by atoms with Gasteiger partial charge in [-0.15, -0.1) is 11.3 Å². The molecule has 0 radical (unpaired) electrons. The van der Waals surface area contributed by atoms with Crippen LogP contribution in [-0.4, -0.2) is 36.6 Å². The summed E-state index contributed by atoms with van der Waals surface area (Å²) in [7, 11) is 0. The molecule has 1 aliphatic heterocycles. The molecule has 6 heteroatoms. The number of carbonyl (C=O) groups is 1. The summed E-state index contributed by atoms with van der Waals surface area (Å²) in [6.07, 6.45) is 2.34. The fourth-order valence-corrected chi connectivity index (χ4v) is 3.70. The smallest absolute Gasteiger partial charge is 0.238 e. The van der Waals surface area contributed by atoms with Crippen LogP contribution in [0.1, 0.15) is 23.3 Å². The molecular formula is C19H21N3O2S. The molecule has 3 rings (SSSR count). The van der Waals surface area contributed by atoms with E-state index in [0.29, 0.717) is 17.8 Å². The number of hydrogen-bond acceptors (Lipinski definition) is 5. The molecule has 1 fully saturated rings. The van der Waals surface area contributed by atoms with Crippen molar-refractivity contribution < 1.29 is 9.53 Å². The minimum Gasteiger partial charge on any atom is -0.377 e. The minimum absolute atomic E-state index is 0.0790. The highest BCUT2D eigenvalue weighted by Crippen LogP contribution is 2.17. The molecule has 0 spiro atoms. The fourth-order valence-electron chi connectivity index (χ4n) is 2.95. The first-order valence-electron chi connectivity index (χ1n) is 8.39. The number of nitrogens with zero attached hydrogens (tertiary/aromatic N) is 2. The quantitative estimate of drug-likeness (QED) is 0.828. The van der Waals surface area contributed by atoms with E-state index in [1.54, 1.807) is 35.6 Å². The van der Waals surface area contributed by atoms with Crippen molar-refractivity contribution in [3.63, 3.8) is 0 Å². The number of nitrogens with one attached hydrogen (secondary N) is 1. The lowest BCUT2D eigenvalue weighted by Crippen LogP contribution is -2.37. The van der Waals surface area contributed by atoms with Crippen LogP contribution in [0.15, 0.2) is 41.8 Å². The summed E-state index contributed by atoms with van der Waals surface area (Å²) in [5, 5.41) is 13.9. The first-order chi connectivity index (χ1) is 12.2. The van der Waals surface area contributed by atoms with Crippen LogP contribution in [0, 0.1) is 11.3 Å². The van der Waals surface area contributed by atoms with E-state index < -0.39 is 0 Å². The van der Waals surface area contributed by atoms with Gasteiger partial charge in [0.05, 0.1) is 24.3 Å². The number of thiophene rings is 1. The van der Waals surface area contributed by atoms with Crippen LogP contribution >= 0.6 is 11.3 Å². The van der Waals surface area contributed by atoms with Crippen molar-refractivity contribution in [2.45, 2.75) is 25.5 Å². The van der Waals surface area contributed by atoms with Crippen LogP contribution in [0.5, 0.6) is 0 Å². The molecule has 130 valence electrons. The minimum atomic E-state index is -0.0790. The lowest BCUT2D eigenvalue weighted by atomic mass is 10.2. The Morgan fingerprint density at radius 1 is 1.40 bits per heavy atom. The third kappa shape index (κ3) is 5.40. The Morgan fingerprint density at radius 3 is 3.04 bits per heavy atom. The Kier molecular flexibility index (Phi) is 6.18. The molecule has 1 aromatic carbocycles. The standard InChI is InChI=1S/C19H21N3O2S/c20-11-15-4-1-5-16(10-15)21-19(23)14-22(12-17-6-2-8-24-17)13-18-7-3-9-25-18/h1,3-5,7,9-10,17H,2,6,8,12-14H2,(H,21,23)/t17-/m0/s1. The number of amides is 1. The van der Waals surface area contributed by atoms with E-state index in [0.717, 1.165) is 32.5 Å². The molecule has 25 heavy (non-hydrogen) atoms. The van der Waals surface area contributed by atoms with Crippen LogP contribution in [0.2, 0.25) is 0 Å². The average molecular weight is 355 g/mol. The molecule has 2 heterocycles. The van der Waals surface area contributed by atoms with Crippen LogP contribution < -0.4 is 5.32 Å². The van der Waals surface area contributed by atoms with Crippen LogP contribution in [-0.2, 0) is 16.1 Å². The lowest BCUT2D eigenvalue weighted by molar-refractivity contribution is -0.117. The zero-order chi connectivity index (χ0) is 17.5. The Morgan fingerprint density at radius 2 is 2.32 bits per heavy atom. The largest absolute Gasteiger partial charge is 0.377 e. The monoisotopic (exact) mass is 355 g/mol. The second kappa shape index (κ2) is 8.77. The summed E-state index contributed by atoms with van der Waals surface area (Å²) >= 11 is 1.69. The maximum absolute atomic E-state index is 12.5. The van der Waals surface area contributed by atoms with Crippen molar-refractivity contribution in [1.82, 2.24) is 4.90 Å². The Bertz CT molecular complexity index is 733. The van der Waals surface area contributed by atoms with E-state index in [9.17, 15) is 4.79 Å². The summed E-state index contributed by atoms with van der Waals surface area (Å²) in [5.41, 5.74) is 1.19. The Balaban J connectivity index is 1.61. The van der Waals surface area contributed by atoms with Gasteiger partial charge in [-0.3, -0.25) is 9.69 Å². The summed E-state index contributed by atoms with van der Waals surface area (Å²) in [5.74, 6) is -0.0790. The Labute approximate surface area is 151 Å². The SMILES string of the molecule is N#Cc1cccc(NC(=O)CN(Cc2cccs2)C[C@@H]2CCCO2)c1. The van der Waals surface area contributed by atoms with Crippen molar-refractivity contribution in [3.05, 3.63) is 52.2 Å². The predicted octanol–water partition coefficient (Wildman–Crippen LogP) is 3.24. The van der Waals surface area contributed by atoms with Gasteiger partial charge in [0.25, 0.3) is 0 Å². The van der Waals surface area contributed by atoms with Crippen molar-refractivity contribution in [3.8, 4) is 6.07 Å². The van der Waals surface area contributed by atoms with Gasteiger partial charge >= 0.3 is 0 Å². The summed E-state index contributed by atoms with van der Waals surface area (Å²) < 4.78 is 5.73. The van der Waals surface area contributed by atoms with Gasteiger partial charge in [0.1, 0.15) is 0 Å². The molecule has 1 aliphatic rings. The van der Waals surface area contributed by atoms with Crippen molar-refractivity contribution >= 4 is 22.9 Å². The molecule has 1 amide bonds. The molecule has 2 aromatic rings. The lowest BCUT2D eigenvalue weighted by Gasteiger charge is -2.24. The molecule has 1 aromatic heterocycles. The van der Waals surface area contributed by atoms with Crippen LogP contribution in [0.4, 0.5) is 5.69 Å². The highest BCUT2D eigenvalue weighted by Gasteiger charge is 2.21. The molecule has 0 bridgehead atoms. The first-order valence-corrected chi connectivity index (χ1v) is 9.27. The predicted molar refractivity (Wildman–Crippen MR) is 98.4 cm³/mol. The summed E-state index contributed by atoms with van der Waals surface area (Å²) in [6.45, 7) is 2.60. The van der Waals surface area contributed by atoms with Gasteiger partial charge in [0.15, 0.2) is 0 Å². The normalized spacial score (nSPS) is 16.7. The maximum Gasteiger partial charge on any atom is 0.238 e. The van der Waals surface area contributed by atoms with Crippen molar-refractivity contribution in [2.75, 3.05) is 25.0 Å². The van der Waals surface area contributed by atoms with Crippen molar-refractivity contribution in [1.29, 1.82) is 5.26 Å². The van der Waals surface area contributed by atoms with Gasteiger partial charge in [-0.1, -0.05) is 12.1 Å². The number of ether oxygens (including phenoxy) is 1. The Hall–Kier alpha value is -2.20. The molecule has 1 N–H and O–H groups in total. The third-order valence-corrected chi connectivity index (χ3v) is 4.95. The molecule has 1 atom stereocenters. The highest BCUT2D eigenvalue weighted by molar-refractivity contribution is 7.09. The maximum atomic E-state index is 12.5. The number of carbonyl (C=O) groups excluding carboxylic acids is 1. The van der Waals surface area contributed by atoms with Gasteiger partial charge in [-0.2, -0.15) is 5.26 Å². The highest BCUT2D eigenvalue weighted by atomic mass is 32.1. The molecule has 5 nitrogen and oxygen atoms in total. The molecule has 0 unspecified atom stereocenters.